The van der Waals surface area contributed by atoms with Gasteiger partial charge >= 0.3 is 0 Å². The number of β-amino-alcohol motifs (C(OH)–C–C–N with tert-alkyl or cyclic N) is 1. The molecule has 0 amide bonds. The van der Waals surface area contributed by atoms with Gasteiger partial charge in [-0.15, -0.1) is 0 Å². The van der Waals surface area contributed by atoms with E-state index >= 15 is 0 Å². The van der Waals surface area contributed by atoms with Crippen LogP contribution in [0.15, 0.2) is 67.3 Å². The lowest BCUT2D eigenvalue weighted by Gasteiger charge is -2.30. The Labute approximate surface area is 193 Å². The summed E-state index contributed by atoms with van der Waals surface area (Å²) in [5, 5.41) is 11.1. The van der Waals surface area contributed by atoms with E-state index < -0.39 is 5.60 Å². The summed E-state index contributed by atoms with van der Waals surface area (Å²) in [5.41, 5.74) is -0.0954. The van der Waals surface area contributed by atoms with Crippen LogP contribution < -0.4 is 9.47 Å². The Hall–Kier alpha value is -2.94. The first kappa shape index (κ1) is 23.2. The maximum Gasteiger partial charge on any atom is 0.134 e. The van der Waals surface area contributed by atoms with Gasteiger partial charge in [-0.1, -0.05) is 18.2 Å². The zero-order valence-corrected chi connectivity index (χ0v) is 18.6. The van der Waals surface area contributed by atoms with Gasteiger partial charge in [0.05, 0.1) is 26.1 Å². The Kier molecular flexibility index (Phi) is 7.93. The minimum absolute atomic E-state index is 0.0209. The van der Waals surface area contributed by atoms with Crippen molar-refractivity contribution in [3.05, 3.63) is 78.6 Å². The van der Waals surface area contributed by atoms with Gasteiger partial charge in [0.1, 0.15) is 29.5 Å². The van der Waals surface area contributed by atoms with E-state index in [-0.39, 0.29) is 19.0 Å². The van der Waals surface area contributed by atoms with Gasteiger partial charge in [-0.25, -0.2) is 9.37 Å². The molecular formula is C25H30FN3O4. The van der Waals surface area contributed by atoms with E-state index in [9.17, 15) is 9.50 Å². The second-order valence-corrected chi connectivity index (χ2v) is 8.38. The van der Waals surface area contributed by atoms with Crippen LogP contribution in [-0.4, -0.2) is 64.7 Å². The first-order chi connectivity index (χ1) is 16.1. The monoisotopic (exact) mass is 455 g/mol. The number of halogens is 1. The van der Waals surface area contributed by atoms with Gasteiger partial charge in [-0.2, -0.15) is 0 Å². The molecule has 1 N–H and O–H groups in total. The number of hydrogen-bond acceptors (Lipinski definition) is 6. The fourth-order valence-corrected chi connectivity index (χ4v) is 3.84. The van der Waals surface area contributed by atoms with Crippen molar-refractivity contribution in [2.45, 2.75) is 25.1 Å². The largest absolute Gasteiger partial charge is 0.494 e. The first-order valence-corrected chi connectivity index (χ1v) is 11.2. The molecule has 2 heterocycles. The lowest BCUT2D eigenvalue weighted by molar-refractivity contribution is -0.0647. The molecule has 2 aromatic carbocycles. The SMILES string of the molecule is O[C@@]1(COc2cccc(F)c2)COCCN(Cc2cccc(OCCCn3ccnc3)c2)C1. The number of benzene rings is 2. The van der Waals surface area contributed by atoms with E-state index in [1.54, 1.807) is 24.7 Å². The van der Waals surface area contributed by atoms with Gasteiger partial charge in [0, 0.05) is 44.6 Å². The first-order valence-electron chi connectivity index (χ1n) is 11.2. The number of aromatic nitrogens is 2. The van der Waals surface area contributed by atoms with Crippen LogP contribution >= 0.6 is 0 Å². The summed E-state index contributed by atoms with van der Waals surface area (Å²) in [6, 6.07) is 13.9. The van der Waals surface area contributed by atoms with Crippen molar-refractivity contribution < 1.29 is 23.7 Å². The summed E-state index contributed by atoms with van der Waals surface area (Å²) in [7, 11) is 0. The van der Waals surface area contributed by atoms with Crippen molar-refractivity contribution in [1.29, 1.82) is 0 Å². The average Bonchev–Trinajstić information content (AvgIpc) is 3.25. The van der Waals surface area contributed by atoms with Crippen molar-refractivity contribution in [1.82, 2.24) is 14.5 Å². The minimum atomic E-state index is -1.19. The molecule has 4 rings (SSSR count). The van der Waals surface area contributed by atoms with Crippen molar-refractivity contribution in [2.24, 2.45) is 0 Å². The summed E-state index contributed by atoms with van der Waals surface area (Å²) in [6.07, 6.45) is 6.40. The van der Waals surface area contributed by atoms with E-state index in [4.69, 9.17) is 14.2 Å². The van der Waals surface area contributed by atoms with Gasteiger partial charge in [0.15, 0.2) is 0 Å². The predicted molar refractivity (Wildman–Crippen MR) is 122 cm³/mol. The third-order valence-electron chi connectivity index (χ3n) is 5.44. The molecule has 0 saturated carbocycles. The molecule has 33 heavy (non-hydrogen) atoms. The molecule has 0 spiro atoms. The lowest BCUT2D eigenvalue weighted by atomic mass is 10.1. The number of hydrogen-bond donors (Lipinski definition) is 1. The molecule has 1 aromatic heterocycles. The van der Waals surface area contributed by atoms with Crippen LogP contribution in [0.1, 0.15) is 12.0 Å². The Morgan fingerprint density at radius 2 is 1.97 bits per heavy atom. The smallest absolute Gasteiger partial charge is 0.134 e. The average molecular weight is 456 g/mol. The van der Waals surface area contributed by atoms with Gasteiger partial charge in [0.25, 0.3) is 0 Å². The molecule has 0 unspecified atom stereocenters. The topological polar surface area (TPSA) is 69.0 Å². The van der Waals surface area contributed by atoms with Crippen LogP contribution in [0.5, 0.6) is 11.5 Å². The normalized spacial score (nSPS) is 19.2. The quantitative estimate of drug-likeness (QED) is 0.474. The molecule has 3 aromatic rings. The van der Waals surface area contributed by atoms with Crippen molar-refractivity contribution >= 4 is 0 Å². The molecule has 8 heteroatoms. The van der Waals surface area contributed by atoms with Gasteiger partial charge in [-0.3, -0.25) is 4.90 Å². The molecule has 1 aliphatic heterocycles. The Bertz CT molecular complexity index is 1000. The Balaban J connectivity index is 1.29. The number of rotatable bonds is 10. The molecule has 1 aliphatic rings. The molecule has 7 nitrogen and oxygen atoms in total. The fourth-order valence-electron chi connectivity index (χ4n) is 3.84. The fraction of sp³-hybridized carbons (Fsp3) is 0.400. The molecule has 176 valence electrons. The minimum Gasteiger partial charge on any atom is -0.494 e. The number of imidazole rings is 1. The Morgan fingerprint density at radius 1 is 1.12 bits per heavy atom. The highest BCUT2D eigenvalue weighted by Crippen LogP contribution is 2.20. The highest BCUT2D eigenvalue weighted by molar-refractivity contribution is 5.28. The third kappa shape index (κ3) is 7.28. The number of ether oxygens (including phenoxy) is 3. The standard InChI is InChI=1S/C25H30FN3O4/c26-22-5-2-7-24(15-22)33-19-25(30)17-29(11-13-31-18-25)16-21-4-1-6-23(14-21)32-12-3-9-28-10-8-27-20-28/h1-2,4-8,10,14-15,20,30H,3,9,11-13,16-19H2/t25-/m1/s1. The Morgan fingerprint density at radius 3 is 2.79 bits per heavy atom. The van der Waals surface area contributed by atoms with Crippen LogP contribution in [0.4, 0.5) is 4.39 Å². The number of nitrogens with zero attached hydrogens (tertiary/aromatic N) is 3. The van der Waals surface area contributed by atoms with E-state index in [0.29, 0.717) is 38.6 Å². The second-order valence-electron chi connectivity index (χ2n) is 8.38. The van der Waals surface area contributed by atoms with E-state index in [2.05, 4.69) is 9.88 Å². The molecule has 0 bridgehead atoms. The van der Waals surface area contributed by atoms with Gasteiger partial charge in [-0.05, 0) is 36.2 Å². The highest BCUT2D eigenvalue weighted by Gasteiger charge is 2.33. The van der Waals surface area contributed by atoms with E-state index in [0.717, 1.165) is 24.3 Å². The summed E-state index contributed by atoms with van der Waals surface area (Å²) in [6.45, 7) is 3.92. The van der Waals surface area contributed by atoms with Crippen LogP contribution in [0.3, 0.4) is 0 Å². The summed E-state index contributed by atoms with van der Waals surface area (Å²) < 4.78 is 32.6. The molecule has 1 atom stereocenters. The van der Waals surface area contributed by atoms with E-state index in [1.807, 2.05) is 35.0 Å². The zero-order chi connectivity index (χ0) is 22.9. The molecule has 0 radical (unpaired) electrons. The van der Waals surface area contributed by atoms with Gasteiger partial charge in [0.2, 0.25) is 0 Å². The summed E-state index contributed by atoms with van der Waals surface area (Å²) in [4.78, 5) is 6.18. The molecular weight excluding hydrogens is 425 g/mol. The maximum absolute atomic E-state index is 13.4. The van der Waals surface area contributed by atoms with Crippen LogP contribution in [0, 0.1) is 5.82 Å². The molecule has 0 aliphatic carbocycles. The predicted octanol–water partition coefficient (Wildman–Crippen LogP) is 3.13. The maximum atomic E-state index is 13.4. The van der Waals surface area contributed by atoms with Crippen LogP contribution in [0.25, 0.3) is 0 Å². The molecule has 1 saturated heterocycles. The van der Waals surface area contributed by atoms with Crippen molar-refractivity contribution in [3.8, 4) is 11.5 Å². The number of aryl methyl sites for hydroxylation is 1. The van der Waals surface area contributed by atoms with Crippen LogP contribution in [0.2, 0.25) is 0 Å². The summed E-state index contributed by atoms with van der Waals surface area (Å²) in [5.74, 6) is 0.841. The van der Waals surface area contributed by atoms with E-state index in [1.165, 1.54) is 12.1 Å². The zero-order valence-electron chi connectivity index (χ0n) is 18.6. The number of aliphatic hydroxyl groups is 1. The lowest BCUT2D eigenvalue weighted by Crippen LogP contribution is -2.48. The van der Waals surface area contributed by atoms with Gasteiger partial charge < -0.3 is 23.9 Å². The second kappa shape index (κ2) is 11.3. The third-order valence-corrected chi connectivity index (χ3v) is 5.44. The summed E-state index contributed by atoms with van der Waals surface area (Å²) >= 11 is 0. The van der Waals surface area contributed by atoms with Crippen molar-refractivity contribution in [3.63, 3.8) is 0 Å². The highest BCUT2D eigenvalue weighted by atomic mass is 19.1. The van der Waals surface area contributed by atoms with Crippen molar-refractivity contribution in [2.75, 3.05) is 39.5 Å². The molecule has 1 fully saturated rings. The van der Waals surface area contributed by atoms with Crippen LogP contribution in [-0.2, 0) is 17.8 Å².